The highest BCUT2D eigenvalue weighted by Crippen LogP contribution is 2.54. The first-order valence-corrected chi connectivity index (χ1v) is 13.6. The molecule has 1 fully saturated rings. The first-order chi connectivity index (χ1) is 19.3. The van der Waals surface area contributed by atoms with Crippen LogP contribution in [0, 0.1) is 17.7 Å². The lowest BCUT2D eigenvalue weighted by Gasteiger charge is -2.50. The van der Waals surface area contributed by atoms with Crippen LogP contribution in [0.3, 0.4) is 0 Å². The number of primary amides is 1. The van der Waals surface area contributed by atoms with Crippen molar-refractivity contribution < 1.29 is 44.0 Å². The fourth-order valence-corrected chi connectivity index (χ4v) is 6.82. The molecule has 0 bridgehead atoms. The maximum absolute atomic E-state index is 16.1. The minimum Gasteiger partial charge on any atom is -0.508 e. The van der Waals surface area contributed by atoms with Crippen LogP contribution < -0.4 is 16.4 Å². The minimum atomic E-state index is -2.79. The number of Topliss-reactive ketones (excluding diaryl/α,β-unsaturated/α-hetero) is 2. The van der Waals surface area contributed by atoms with E-state index in [1.165, 1.54) is 4.90 Å². The maximum Gasteiger partial charge on any atom is 0.255 e. The van der Waals surface area contributed by atoms with Gasteiger partial charge in [-0.2, -0.15) is 0 Å². The molecule has 2 amide bonds. The summed E-state index contributed by atoms with van der Waals surface area (Å²) in [6.45, 7) is 4.42. The lowest BCUT2D eigenvalue weighted by atomic mass is 9.57. The summed E-state index contributed by atoms with van der Waals surface area (Å²) in [5.74, 6) is -9.44. The third-order valence-corrected chi connectivity index (χ3v) is 8.95. The molecule has 12 nitrogen and oxygen atoms in total. The third kappa shape index (κ3) is 3.90. The minimum absolute atomic E-state index is 0.0486. The van der Waals surface area contributed by atoms with Gasteiger partial charge in [-0.3, -0.25) is 24.1 Å². The number of rotatable bonds is 6. The highest BCUT2D eigenvalue weighted by molar-refractivity contribution is 6.24. The summed E-state index contributed by atoms with van der Waals surface area (Å²) in [7, 11) is 1.55. The van der Waals surface area contributed by atoms with Crippen molar-refractivity contribution in [1.29, 1.82) is 0 Å². The number of carbonyl (C=O) groups is 4. The van der Waals surface area contributed by atoms with Crippen molar-refractivity contribution in [3.05, 3.63) is 39.4 Å². The van der Waals surface area contributed by atoms with E-state index in [4.69, 9.17) is 5.73 Å². The van der Waals surface area contributed by atoms with Gasteiger partial charge in [-0.25, -0.2) is 4.39 Å². The SMILES string of the molecule is CCCNC1Cc2c(F)c3c(c(O)c2NC1=O)C(O)=C1C(=O)[C@]2(O)C(O)=C(C(N)=O)C(=O)[C@@H](N(C)CC)[C@@H]2C[C@@H]1C3. The number of halogens is 1. The molecule has 1 heterocycles. The van der Waals surface area contributed by atoms with E-state index in [0.29, 0.717) is 6.54 Å². The van der Waals surface area contributed by atoms with Crippen LogP contribution in [0.5, 0.6) is 5.75 Å². The van der Waals surface area contributed by atoms with Crippen LogP contribution in [-0.2, 0) is 32.0 Å². The number of amides is 2. The Morgan fingerprint density at radius 1 is 1.17 bits per heavy atom. The second-order valence-corrected chi connectivity index (χ2v) is 11.1. The fourth-order valence-electron chi connectivity index (χ4n) is 6.82. The van der Waals surface area contributed by atoms with Gasteiger partial charge in [-0.05, 0) is 45.3 Å². The standard InChI is InChI=1S/C28H33FN4O8/c1-4-6-31-14-9-12-18(29)11-7-10-8-13-20(33(3)5-2)23(36)17(26(30)39)25(38)28(13,41)24(37)15(10)21(34)16(11)22(35)19(12)32-27(14)40/h10,13-14,20,31,34-35,38,41H,4-9H2,1-3H3,(H2,30,39)(H,32,40)/t10-,13-,14?,20-,28-/m0/s1. The number of likely N-dealkylation sites (N-methyl/N-ethyl adjacent to an activating group) is 1. The van der Waals surface area contributed by atoms with E-state index in [1.807, 2.05) is 6.92 Å². The van der Waals surface area contributed by atoms with Crippen LogP contribution in [0.15, 0.2) is 16.9 Å². The normalized spacial score (nSPS) is 29.2. The van der Waals surface area contributed by atoms with Gasteiger partial charge >= 0.3 is 0 Å². The second-order valence-electron chi connectivity index (χ2n) is 11.1. The first kappa shape index (κ1) is 28.7. The summed E-state index contributed by atoms with van der Waals surface area (Å²) < 4.78 is 16.1. The average Bonchev–Trinajstić information content (AvgIpc) is 2.92. The first-order valence-electron chi connectivity index (χ1n) is 13.6. The van der Waals surface area contributed by atoms with E-state index < -0.39 is 92.7 Å². The van der Waals surface area contributed by atoms with E-state index >= 15 is 4.39 Å². The zero-order chi connectivity index (χ0) is 30.1. The van der Waals surface area contributed by atoms with Gasteiger partial charge in [0.25, 0.3) is 5.91 Å². The average molecular weight is 573 g/mol. The number of nitrogens with zero attached hydrogens (tertiary/aromatic N) is 1. The molecule has 41 heavy (non-hydrogen) atoms. The number of ketones is 2. The maximum atomic E-state index is 16.1. The van der Waals surface area contributed by atoms with E-state index in [1.54, 1.807) is 14.0 Å². The second kappa shape index (κ2) is 9.93. The lowest BCUT2D eigenvalue weighted by Crippen LogP contribution is -2.66. The third-order valence-electron chi connectivity index (χ3n) is 8.95. The van der Waals surface area contributed by atoms with Crippen molar-refractivity contribution in [2.45, 2.75) is 57.2 Å². The van der Waals surface area contributed by atoms with Crippen LogP contribution in [0.4, 0.5) is 10.1 Å². The van der Waals surface area contributed by atoms with Crippen LogP contribution in [0.25, 0.3) is 5.76 Å². The molecule has 220 valence electrons. The number of fused-ring (bicyclic) bond motifs is 4. The van der Waals surface area contributed by atoms with Crippen molar-refractivity contribution in [1.82, 2.24) is 10.2 Å². The molecule has 0 radical (unpaired) electrons. The summed E-state index contributed by atoms with van der Waals surface area (Å²) in [4.78, 5) is 53.6. The Hall–Kier alpha value is -3.81. The zero-order valence-corrected chi connectivity index (χ0v) is 22.9. The van der Waals surface area contributed by atoms with Crippen molar-refractivity contribution in [2.75, 3.05) is 25.5 Å². The summed E-state index contributed by atoms with van der Waals surface area (Å²) in [5.41, 5.74) is 0.609. The van der Waals surface area contributed by atoms with E-state index in [2.05, 4.69) is 10.6 Å². The Morgan fingerprint density at radius 2 is 1.85 bits per heavy atom. The number of aliphatic hydroxyl groups excluding tert-OH is 2. The molecule has 1 saturated carbocycles. The molecule has 0 saturated heterocycles. The van der Waals surface area contributed by atoms with Crippen molar-refractivity contribution in [3.63, 3.8) is 0 Å². The molecule has 3 aliphatic carbocycles. The molecule has 8 N–H and O–H groups in total. The van der Waals surface area contributed by atoms with E-state index in [0.717, 1.165) is 6.42 Å². The molecular formula is C28H33FN4O8. The van der Waals surface area contributed by atoms with Gasteiger partial charge in [0, 0.05) is 29.0 Å². The molecule has 0 aromatic heterocycles. The van der Waals surface area contributed by atoms with Gasteiger partial charge in [0.2, 0.25) is 11.7 Å². The predicted octanol–water partition coefficient (Wildman–Crippen LogP) is 0.356. The molecular weight excluding hydrogens is 539 g/mol. The molecule has 1 aromatic rings. The molecule has 4 aliphatic rings. The van der Waals surface area contributed by atoms with Crippen LogP contribution in [0.1, 0.15) is 43.4 Å². The summed E-state index contributed by atoms with van der Waals surface area (Å²) in [6.07, 6.45) is 0.364. The number of phenolic OH excluding ortho intramolecular Hbond substituents is 1. The summed E-state index contributed by atoms with van der Waals surface area (Å²) in [5, 5.41) is 50.7. The Morgan fingerprint density at radius 3 is 2.46 bits per heavy atom. The number of anilines is 1. The van der Waals surface area contributed by atoms with Gasteiger partial charge in [0.05, 0.1) is 23.3 Å². The van der Waals surface area contributed by atoms with Crippen molar-refractivity contribution in [2.24, 2.45) is 17.6 Å². The summed E-state index contributed by atoms with van der Waals surface area (Å²) in [6, 6.07) is -1.96. The number of benzene rings is 1. The summed E-state index contributed by atoms with van der Waals surface area (Å²) >= 11 is 0. The number of nitrogens with one attached hydrogen (secondary N) is 2. The van der Waals surface area contributed by atoms with Gasteiger partial charge in [0.15, 0.2) is 17.1 Å². The molecule has 0 spiro atoms. The quantitative estimate of drug-likeness (QED) is 0.184. The van der Waals surface area contributed by atoms with E-state index in [-0.39, 0.29) is 42.6 Å². The largest absolute Gasteiger partial charge is 0.508 e. The van der Waals surface area contributed by atoms with Crippen molar-refractivity contribution >= 4 is 34.8 Å². The van der Waals surface area contributed by atoms with Gasteiger partial charge in [0.1, 0.15) is 22.9 Å². The predicted molar refractivity (Wildman–Crippen MR) is 143 cm³/mol. The number of nitrogens with two attached hydrogens (primary N) is 1. The Labute approximate surface area is 234 Å². The topological polar surface area (TPSA) is 203 Å². The van der Waals surface area contributed by atoms with Gasteiger partial charge in [-0.1, -0.05) is 13.8 Å². The lowest BCUT2D eigenvalue weighted by molar-refractivity contribution is -0.154. The Balaban J connectivity index is 1.68. The van der Waals surface area contributed by atoms with Gasteiger partial charge < -0.3 is 36.8 Å². The van der Waals surface area contributed by atoms with Crippen LogP contribution in [0.2, 0.25) is 0 Å². The highest BCUT2D eigenvalue weighted by atomic mass is 19.1. The smallest absolute Gasteiger partial charge is 0.255 e. The fraction of sp³-hybridized carbons (Fsp3) is 0.500. The number of hydrogen-bond donors (Lipinski definition) is 7. The number of aliphatic hydroxyl groups is 3. The number of carbonyl (C=O) groups excluding carboxylic acids is 4. The molecule has 13 heteroatoms. The van der Waals surface area contributed by atoms with Crippen LogP contribution >= 0.6 is 0 Å². The number of phenols is 1. The zero-order valence-electron chi connectivity index (χ0n) is 22.9. The Bertz CT molecular complexity index is 1470. The van der Waals surface area contributed by atoms with Crippen LogP contribution in [-0.4, -0.2) is 86.5 Å². The highest BCUT2D eigenvalue weighted by Gasteiger charge is 2.64. The number of aromatic hydroxyl groups is 1. The van der Waals surface area contributed by atoms with Crippen molar-refractivity contribution in [3.8, 4) is 5.75 Å². The molecule has 5 atom stereocenters. The molecule has 1 aliphatic heterocycles. The Kier molecular flexibility index (Phi) is 6.95. The molecule has 5 rings (SSSR count). The van der Waals surface area contributed by atoms with Gasteiger partial charge in [-0.15, -0.1) is 0 Å². The number of hydrogen-bond acceptors (Lipinski definition) is 10. The molecule has 1 aromatic carbocycles. The molecule has 1 unspecified atom stereocenters. The van der Waals surface area contributed by atoms with E-state index in [9.17, 15) is 39.6 Å². The monoisotopic (exact) mass is 572 g/mol.